The number of halogens is 1. The number of amides is 1. The predicted octanol–water partition coefficient (Wildman–Crippen LogP) is 2.42. The van der Waals surface area contributed by atoms with E-state index >= 15 is 0 Å². The van der Waals surface area contributed by atoms with Gasteiger partial charge >= 0.3 is 0 Å². The lowest BCUT2D eigenvalue weighted by molar-refractivity contribution is -0.175. The van der Waals surface area contributed by atoms with Crippen LogP contribution in [-0.2, 0) is 38.7 Å². The van der Waals surface area contributed by atoms with Gasteiger partial charge in [-0.25, -0.2) is 4.39 Å². The minimum atomic E-state index is -2.67. The van der Waals surface area contributed by atoms with E-state index in [0.717, 1.165) is 16.7 Å². The molecule has 0 radical (unpaired) electrons. The van der Waals surface area contributed by atoms with E-state index in [1.807, 2.05) is 30.3 Å². The zero-order valence-electron chi connectivity index (χ0n) is 23.0. The van der Waals surface area contributed by atoms with Gasteiger partial charge in [-0.05, 0) is 64.8 Å². The van der Waals surface area contributed by atoms with Crippen LogP contribution < -0.4 is 11.1 Å². The van der Waals surface area contributed by atoms with Gasteiger partial charge < -0.3 is 21.3 Å². The Morgan fingerprint density at radius 3 is 2.37 bits per heavy atom. The van der Waals surface area contributed by atoms with Crippen LogP contribution in [0.4, 0.5) is 4.39 Å². The average molecular weight is 585 g/mol. The number of hydrogen-bond acceptors (Lipinski definition) is 8. The molecule has 0 heterocycles. The Labute approximate surface area is 245 Å². The largest absolute Gasteiger partial charge is 0.507 e. The van der Waals surface area contributed by atoms with Crippen LogP contribution in [0, 0.1) is 29.5 Å². The number of rotatable bonds is 6. The van der Waals surface area contributed by atoms with Crippen molar-refractivity contribution in [1.82, 2.24) is 5.32 Å². The maximum atomic E-state index is 13.8. The quantitative estimate of drug-likeness (QED) is 0.321. The van der Waals surface area contributed by atoms with Crippen LogP contribution in [0.15, 0.2) is 60.7 Å². The third kappa shape index (κ3) is 4.67. The summed E-state index contributed by atoms with van der Waals surface area (Å²) in [6.45, 7) is 1.03. The van der Waals surface area contributed by atoms with Crippen LogP contribution >= 0.6 is 0 Å². The maximum absolute atomic E-state index is 13.8. The molecule has 1 amide bonds. The lowest BCUT2D eigenvalue weighted by Gasteiger charge is -2.48. The fourth-order valence-corrected chi connectivity index (χ4v) is 7.04. The van der Waals surface area contributed by atoms with Gasteiger partial charge in [0, 0.05) is 25.4 Å². The third-order valence-corrected chi connectivity index (χ3v) is 9.10. The summed E-state index contributed by atoms with van der Waals surface area (Å²) in [5, 5.41) is 25.3. The number of nitrogens with two attached hydrogens (primary N) is 1. The molecular formula is C33H29FN2O7. The van der Waals surface area contributed by atoms with Crippen molar-refractivity contribution in [3.05, 3.63) is 88.7 Å². The molecular weight excluding hydrogens is 555 g/mol. The molecule has 2 fully saturated rings. The molecule has 0 bridgehead atoms. The van der Waals surface area contributed by atoms with Gasteiger partial charge in [-0.3, -0.25) is 24.0 Å². The molecule has 9 nitrogen and oxygen atoms in total. The summed E-state index contributed by atoms with van der Waals surface area (Å²) >= 11 is 0. The second kappa shape index (κ2) is 10.6. The number of nitrogens with one attached hydrogen (secondary N) is 1. The van der Waals surface area contributed by atoms with Gasteiger partial charge in [0.1, 0.15) is 11.6 Å². The molecule has 3 aromatic carbocycles. The van der Waals surface area contributed by atoms with Crippen molar-refractivity contribution in [2.24, 2.45) is 29.4 Å². The standard InChI is InChI=1S/C33H29FN2O7/c34-21-3-1-2-17(10-21)15-36-14-16-4-6-18(7-5-16)22-8-9-24(37)27-23(22)12-19-11-20-13-25(38)28(32(35)42)31(41)33(20,43)30(40)26(19)29(27)39/h1-10,19-20,26,28,36-37,43H,11-15H2,(H2,35,42)/t19-,20+,26?,28?,33+/m1/s1. The average Bonchev–Trinajstić information content (AvgIpc) is 2.95. The van der Waals surface area contributed by atoms with Crippen molar-refractivity contribution >= 4 is 29.0 Å². The number of phenols is 1. The molecule has 6 rings (SSSR count). The van der Waals surface area contributed by atoms with E-state index in [2.05, 4.69) is 5.32 Å². The van der Waals surface area contributed by atoms with E-state index in [9.17, 15) is 38.6 Å². The van der Waals surface area contributed by atoms with E-state index in [-0.39, 0.29) is 36.4 Å². The van der Waals surface area contributed by atoms with Gasteiger partial charge in [0.2, 0.25) is 5.91 Å². The first-order chi connectivity index (χ1) is 20.5. The molecule has 3 aromatic rings. The minimum absolute atomic E-state index is 0.0338. The van der Waals surface area contributed by atoms with E-state index < -0.39 is 58.3 Å². The van der Waals surface area contributed by atoms with E-state index in [0.29, 0.717) is 24.2 Å². The Morgan fingerprint density at radius 2 is 1.67 bits per heavy atom. The number of aromatic hydroxyl groups is 1. The van der Waals surface area contributed by atoms with Gasteiger partial charge in [-0.15, -0.1) is 0 Å². The Balaban J connectivity index is 1.27. The molecule has 2 unspecified atom stereocenters. The number of benzene rings is 3. The number of fused-ring (bicyclic) bond motifs is 3. The SMILES string of the molecule is NC(=O)C1C(=O)C[C@@H]2C[C@@H]3Cc4c(-c5ccc(CNCc6cccc(F)c6)cc5)ccc(O)c4C(=O)C3C(=O)[C@]2(O)C1=O. The van der Waals surface area contributed by atoms with Crippen LogP contribution in [0.3, 0.4) is 0 Å². The van der Waals surface area contributed by atoms with Crippen LogP contribution in [0.1, 0.15) is 39.9 Å². The summed E-state index contributed by atoms with van der Waals surface area (Å²) in [4.78, 5) is 64.9. The highest BCUT2D eigenvalue weighted by molar-refractivity contribution is 6.31. The molecule has 0 saturated heterocycles. The number of carbonyl (C=O) groups is 5. The summed E-state index contributed by atoms with van der Waals surface area (Å²) < 4.78 is 13.4. The number of primary amides is 1. The monoisotopic (exact) mass is 584 g/mol. The number of ketones is 4. The highest BCUT2D eigenvalue weighted by Crippen LogP contribution is 2.51. The van der Waals surface area contributed by atoms with Crippen LogP contribution in [0.5, 0.6) is 5.75 Å². The van der Waals surface area contributed by atoms with Crippen molar-refractivity contribution in [2.75, 3.05) is 0 Å². The van der Waals surface area contributed by atoms with E-state index in [1.165, 1.54) is 18.2 Å². The summed E-state index contributed by atoms with van der Waals surface area (Å²) in [6, 6.07) is 17.0. The number of carbonyl (C=O) groups excluding carboxylic acids is 5. The van der Waals surface area contributed by atoms with Gasteiger partial charge in [0.15, 0.2) is 34.7 Å². The molecule has 0 spiro atoms. The zero-order valence-corrected chi connectivity index (χ0v) is 23.0. The number of Topliss-reactive ketones (excluding diaryl/α,β-unsaturated/α-hetero) is 4. The first-order valence-corrected chi connectivity index (χ1v) is 14.1. The molecule has 3 aliphatic carbocycles. The summed E-state index contributed by atoms with van der Waals surface area (Å²) in [5.41, 5.74) is 6.33. The van der Waals surface area contributed by atoms with Gasteiger partial charge in [0.05, 0.1) is 11.5 Å². The lowest BCUT2D eigenvalue weighted by Crippen LogP contribution is -2.68. The lowest BCUT2D eigenvalue weighted by atomic mass is 9.53. The normalized spacial score (nSPS) is 26.5. The van der Waals surface area contributed by atoms with Gasteiger partial charge in [-0.1, -0.05) is 42.5 Å². The second-order valence-corrected chi connectivity index (χ2v) is 11.7. The Hall–Kier alpha value is -4.54. The highest BCUT2D eigenvalue weighted by atomic mass is 19.1. The minimum Gasteiger partial charge on any atom is -0.507 e. The second-order valence-electron chi connectivity index (χ2n) is 11.7. The highest BCUT2D eigenvalue weighted by Gasteiger charge is 2.66. The summed E-state index contributed by atoms with van der Waals surface area (Å²) in [6.07, 6.45) is -0.147. The van der Waals surface area contributed by atoms with Crippen molar-refractivity contribution in [1.29, 1.82) is 0 Å². The molecule has 220 valence electrons. The molecule has 0 aromatic heterocycles. The smallest absolute Gasteiger partial charge is 0.235 e. The zero-order chi connectivity index (χ0) is 30.6. The number of hydrogen-bond donors (Lipinski definition) is 4. The number of aliphatic hydroxyl groups is 1. The Kier molecular flexibility index (Phi) is 7.06. The number of phenolic OH excluding ortho intramolecular Hbond substituents is 1. The fraction of sp³-hybridized carbons (Fsp3) is 0.303. The first-order valence-electron chi connectivity index (χ1n) is 14.1. The Bertz CT molecular complexity index is 1700. The molecule has 2 saturated carbocycles. The molecule has 3 aliphatic rings. The maximum Gasteiger partial charge on any atom is 0.235 e. The topological polar surface area (TPSA) is 164 Å². The summed E-state index contributed by atoms with van der Waals surface area (Å²) in [5.74, 6) is -10.7. The van der Waals surface area contributed by atoms with Crippen LogP contribution in [-0.4, -0.2) is 44.9 Å². The van der Waals surface area contributed by atoms with Crippen molar-refractivity contribution in [3.63, 3.8) is 0 Å². The fourth-order valence-electron chi connectivity index (χ4n) is 7.04. The summed E-state index contributed by atoms with van der Waals surface area (Å²) in [7, 11) is 0. The molecule has 43 heavy (non-hydrogen) atoms. The van der Waals surface area contributed by atoms with E-state index in [4.69, 9.17) is 5.73 Å². The predicted molar refractivity (Wildman–Crippen MR) is 151 cm³/mol. The van der Waals surface area contributed by atoms with Crippen molar-refractivity contribution < 1.29 is 38.6 Å². The molecule has 0 aliphatic heterocycles. The van der Waals surface area contributed by atoms with Crippen LogP contribution in [0.2, 0.25) is 0 Å². The van der Waals surface area contributed by atoms with Crippen molar-refractivity contribution in [2.45, 2.75) is 38.0 Å². The van der Waals surface area contributed by atoms with Crippen molar-refractivity contribution in [3.8, 4) is 16.9 Å². The molecule has 10 heteroatoms. The van der Waals surface area contributed by atoms with E-state index in [1.54, 1.807) is 12.1 Å². The molecule has 5 N–H and O–H groups in total. The molecule has 5 atom stereocenters. The third-order valence-electron chi connectivity index (χ3n) is 9.10. The van der Waals surface area contributed by atoms with Gasteiger partial charge in [0.25, 0.3) is 0 Å². The van der Waals surface area contributed by atoms with Gasteiger partial charge in [-0.2, -0.15) is 0 Å². The first kappa shape index (κ1) is 28.6. The Morgan fingerprint density at radius 1 is 0.953 bits per heavy atom. The van der Waals surface area contributed by atoms with Crippen LogP contribution in [0.25, 0.3) is 11.1 Å².